The molecule has 0 amide bonds. The van der Waals surface area contributed by atoms with Gasteiger partial charge in [0, 0.05) is 5.56 Å². The van der Waals surface area contributed by atoms with E-state index in [-0.39, 0.29) is 5.69 Å². The van der Waals surface area contributed by atoms with Crippen LogP contribution in [0.4, 0.5) is 5.69 Å². The van der Waals surface area contributed by atoms with E-state index >= 15 is 0 Å². The second kappa shape index (κ2) is 5.12. The fourth-order valence-electron chi connectivity index (χ4n) is 1.87. The van der Waals surface area contributed by atoms with Crippen molar-refractivity contribution in [2.24, 2.45) is 0 Å². The summed E-state index contributed by atoms with van der Waals surface area (Å²) < 4.78 is 5.16. The quantitative estimate of drug-likeness (QED) is 0.829. The van der Waals surface area contributed by atoms with Gasteiger partial charge in [0.1, 0.15) is 17.9 Å². The number of methoxy groups -OCH3 is 1. The summed E-state index contributed by atoms with van der Waals surface area (Å²) in [5.41, 5.74) is 8.19. The Bertz CT molecular complexity index is 708. The molecule has 2 aromatic carbocycles. The van der Waals surface area contributed by atoms with E-state index in [1.54, 1.807) is 19.2 Å². The van der Waals surface area contributed by atoms with Crippen molar-refractivity contribution in [3.63, 3.8) is 0 Å². The molecular formula is C15H11N3O. The summed E-state index contributed by atoms with van der Waals surface area (Å²) in [7, 11) is 1.58. The number of nitrogen functional groups attached to an aromatic ring is 1. The van der Waals surface area contributed by atoms with Gasteiger partial charge in [-0.05, 0) is 23.8 Å². The zero-order valence-electron chi connectivity index (χ0n) is 10.3. The molecule has 0 aliphatic carbocycles. The molecule has 0 bridgehead atoms. The topological polar surface area (TPSA) is 82.8 Å². The van der Waals surface area contributed by atoms with Crippen LogP contribution in [0.2, 0.25) is 0 Å². The van der Waals surface area contributed by atoms with Crippen molar-refractivity contribution in [3.05, 3.63) is 47.5 Å². The number of hydrogen-bond acceptors (Lipinski definition) is 4. The molecule has 19 heavy (non-hydrogen) atoms. The van der Waals surface area contributed by atoms with Gasteiger partial charge < -0.3 is 10.5 Å². The number of rotatable bonds is 2. The Balaban J connectivity index is 2.67. The lowest BCUT2D eigenvalue weighted by Crippen LogP contribution is -1.97. The van der Waals surface area contributed by atoms with Crippen LogP contribution >= 0.6 is 0 Å². The second-order valence-electron chi connectivity index (χ2n) is 3.90. The molecule has 4 heteroatoms. The number of hydrogen-bond donors (Lipinski definition) is 1. The first-order chi connectivity index (χ1) is 9.21. The third-order valence-corrected chi connectivity index (χ3v) is 2.86. The van der Waals surface area contributed by atoms with Gasteiger partial charge >= 0.3 is 0 Å². The molecular weight excluding hydrogens is 238 g/mol. The van der Waals surface area contributed by atoms with Crippen LogP contribution in [0.25, 0.3) is 11.1 Å². The molecule has 0 saturated heterocycles. The molecule has 2 aromatic rings. The maximum absolute atomic E-state index is 9.24. The first kappa shape index (κ1) is 12.5. The Kier molecular flexibility index (Phi) is 3.36. The lowest BCUT2D eigenvalue weighted by atomic mass is 9.96. The highest BCUT2D eigenvalue weighted by molar-refractivity contribution is 5.80. The van der Waals surface area contributed by atoms with Crippen molar-refractivity contribution in [2.45, 2.75) is 0 Å². The second-order valence-corrected chi connectivity index (χ2v) is 3.90. The van der Waals surface area contributed by atoms with Crippen LogP contribution in [0, 0.1) is 22.7 Å². The molecule has 0 atom stereocenters. The Labute approximate surface area is 111 Å². The molecule has 0 radical (unpaired) electrons. The number of nitrogens with two attached hydrogens (primary N) is 1. The first-order valence-corrected chi connectivity index (χ1v) is 5.58. The van der Waals surface area contributed by atoms with Crippen molar-refractivity contribution >= 4 is 5.69 Å². The van der Waals surface area contributed by atoms with E-state index in [0.717, 1.165) is 5.56 Å². The third-order valence-electron chi connectivity index (χ3n) is 2.86. The van der Waals surface area contributed by atoms with E-state index in [1.807, 2.05) is 30.3 Å². The van der Waals surface area contributed by atoms with Crippen molar-refractivity contribution in [1.29, 1.82) is 10.5 Å². The fourth-order valence-corrected chi connectivity index (χ4v) is 1.87. The highest BCUT2D eigenvalue weighted by Gasteiger charge is 2.12. The summed E-state index contributed by atoms with van der Waals surface area (Å²) in [5, 5.41) is 18.2. The molecule has 0 fully saturated rings. The van der Waals surface area contributed by atoms with Crippen LogP contribution in [-0.4, -0.2) is 7.11 Å². The summed E-state index contributed by atoms with van der Waals surface area (Å²) in [4.78, 5) is 0. The highest BCUT2D eigenvalue weighted by Crippen LogP contribution is 2.31. The minimum atomic E-state index is 0.213. The number of benzene rings is 2. The molecule has 4 nitrogen and oxygen atoms in total. The minimum absolute atomic E-state index is 0.213. The molecule has 0 spiro atoms. The summed E-state index contributed by atoms with van der Waals surface area (Å²) in [6.45, 7) is 0. The van der Waals surface area contributed by atoms with E-state index in [4.69, 9.17) is 15.7 Å². The van der Waals surface area contributed by atoms with Gasteiger partial charge in [-0.25, -0.2) is 0 Å². The van der Waals surface area contributed by atoms with Gasteiger partial charge in [0.2, 0.25) is 0 Å². The van der Waals surface area contributed by atoms with Crippen LogP contribution in [0.15, 0.2) is 36.4 Å². The SMILES string of the molecule is COc1cccc(-c2ccc(C#N)c(N)c2C#N)c1. The van der Waals surface area contributed by atoms with Crippen LogP contribution < -0.4 is 10.5 Å². The minimum Gasteiger partial charge on any atom is -0.497 e. The number of nitriles is 2. The van der Waals surface area contributed by atoms with Gasteiger partial charge in [0.25, 0.3) is 0 Å². The van der Waals surface area contributed by atoms with Gasteiger partial charge in [-0.15, -0.1) is 0 Å². The molecule has 0 aromatic heterocycles. The fraction of sp³-hybridized carbons (Fsp3) is 0.0667. The lowest BCUT2D eigenvalue weighted by molar-refractivity contribution is 0.415. The standard InChI is InChI=1S/C15H11N3O/c1-19-12-4-2-3-10(7-12)13-6-5-11(8-16)15(18)14(13)9-17/h2-7H,18H2,1H3. The van der Waals surface area contributed by atoms with Gasteiger partial charge in [-0.1, -0.05) is 18.2 Å². The first-order valence-electron chi connectivity index (χ1n) is 5.58. The molecule has 0 aliphatic rings. The van der Waals surface area contributed by atoms with E-state index in [0.29, 0.717) is 22.4 Å². The Hall–Kier alpha value is -2.98. The number of nitrogens with zero attached hydrogens (tertiary/aromatic N) is 2. The van der Waals surface area contributed by atoms with E-state index in [1.165, 1.54) is 0 Å². The molecule has 92 valence electrons. The molecule has 0 unspecified atom stereocenters. The Morgan fingerprint density at radius 1 is 1.11 bits per heavy atom. The van der Waals surface area contributed by atoms with Gasteiger partial charge in [0.15, 0.2) is 0 Å². The third kappa shape index (κ3) is 2.20. The van der Waals surface area contributed by atoms with Gasteiger partial charge in [-0.3, -0.25) is 0 Å². The zero-order valence-corrected chi connectivity index (χ0v) is 10.3. The summed E-state index contributed by atoms with van der Waals surface area (Å²) in [6.07, 6.45) is 0. The van der Waals surface area contributed by atoms with Crippen molar-refractivity contribution < 1.29 is 4.74 Å². The predicted octanol–water partition coefficient (Wildman–Crippen LogP) is 2.69. The molecule has 0 saturated carbocycles. The predicted molar refractivity (Wildman–Crippen MR) is 72.3 cm³/mol. The van der Waals surface area contributed by atoms with Gasteiger partial charge in [-0.2, -0.15) is 10.5 Å². The van der Waals surface area contributed by atoms with Crippen LogP contribution in [0.1, 0.15) is 11.1 Å². The summed E-state index contributed by atoms with van der Waals surface area (Å²) in [5.74, 6) is 0.698. The Morgan fingerprint density at radius 3 is 2.53 bits per heavy atom. The summed E-state index contributed by atoms with van der Waals surface area (Å²) >= 11 is 0. The number of ether oxygens (including phenoxy) is 1. The van der Waals surface area contributed by atoms with Gasteiger partial charge in [0.05, 0.1) is 23.9 Å². The normalized spacial score (nSPS) is 9.42. The lowest BCUT2D eigenvalue weighted by Gasteiger charge is -2.09. The molecule has 2 N–H and O–H groups in total. The molecule has 0 aliphatic heterocycles. The van der Waals surface area contributed by atoms with Crippen LogP contribution in [-0.2, 0) is 0 Å². The smallest absolute Gasteiger partial charge is 0.119 e. The average Bonchev–Trinajstić information content (AvgIpc) is 2.47. The monoisotopic (exact) mass is 249 g/mol. The average molecular weight is 249 g/mol. The van der Waals surface area contributed by atoms with Crippen LogP contribution in [0.3, 0.4) is 0 Å². The summed E-state index contributed by atoms with van der Waals surface area (Å²) in [6, 6.07) is 14.7. The van der Waals surface area contributed by atoms with E-state index in [9.17, 15) is 5.26 Å². The maximum atomic E-state index is 9.24. The maximum Gasteiger partial charge on any atom is 0.119 e. The van der Waals surface area contributed by atoms with Crippen LogP contribution in [0.5, 0.6) is 5.75 Å². The van der Waals surface area contributed by atoms with Crippen molar-refractivity contribution in [2.75, 3.05) is 12.8 Å². The largest absolute Gasteiger partial charge is 0.497 e. The van der Waals surface area contributed by atoms with E-state index < -0.39 is 0 Å². The Morgan fingerprint density at radius 2 is 1.89 bits per heavy atom. The molecule has 0 heterocycles. The number of anilines is 1. The highest BCUT2D eigenvalue weighted by atomic mass is 16.5. The molecule has 2 rings (SSSR count). The zero-order chi connectivity index (χ0) is 13.8. The van der Waals surface area contributed by atoms with Crippen molar-refractivity contribution in [1.82, 2.24) is 0 Å². The van der Waals surface area contributed by atoms with E-state index in [2.05, 4.69) is 6.07 Å². The van der Waals surface area contributed by atoms with Crippen molar-refractivity contribution in [3.8, 4) is 29.0 Å².